The number of halogens is 2. The molecule has 6 heteroatoms. The van der Waals surface area contributed by atoms with E-state index in [-0.39, 0.29) is 5.56 Å². The lowest BCUT2D eigenvalue weighted by Crippen LogP contribution is -2.35. The van der Waals surface area contributed by atoms with Crippen molar-refractivity contribution in [2.24, 2.45) is 0 Å². The quantitative estimate of drug-likeness (QED) is 0.786. The number of nitrogens with one attached hydrogen (secondary N) is 1. The van der Waals surface area contributed by atoms with Gasteiger partial charge in [0.15, 0.2) is 6.10 Å². The molecular weight excluding hydrogens is 377 g/mol. The SMILES string of the molecule is Cc1ccc(CNC(=O)[C@@H](C)OC(=O)c2cc(F)ccc2Br)cc1. The van der Waals surface area contributed by atoms with Crippen molar-refractivity contribution in [3.05, 3.63) is 69.4 Å². The summed E-state index contributed by atoms with van der Waals surface area (Å²) in [5.41, 5.74) is 2.11. The zero-order valence-electron chi connectivity index (χ0n) is 13.3. The highest BCUT2D eigenvalue weighted by Gasteiger charge is 2.20. The van der Waals surface area contributed by atoms with Gasteiger partial charge in [0.25, 0.3) is 5.91 Å². The molecule has 4 nitrogen and oxygen atoms in total. The fourth-order valence-corrected chi connectivity index (χ4v) is 2.38. The highest BCUT2D eigenvalue weighted by atomic mass is 79.9. The third kappa shape index (κ3) is 4.89. The predicted molar refractivity (Wildman–Crippen MR) is 92.0 cm³/mol. The van der Waals surface area contributed by atoms with E-state index in [1.54, 1.807) is 0 Å². The Morgan fingerprint density at radius 1 is 1.21 bits per heavy atom. The normalized spacial score (nSPS) is 11.7. The number of benzene rings is 2. The van der Waals surface area contributed by atoms with E-state index in [2.05, 4.69) is 21.2 Å². The van der Waals surface area contributed by atoms with Crippen LogP contribution < -0.4 is 5.32 Å². The topological polar surface area (TPSA) is 55.4 Å². The first-order valence-electron chi connectivity index (χ1n) is 7.36. The maximum absolute atomic E-state index is 13.2. The van der Waals surface area contributed by atoms with Gasteiger partial charge in [0.2, 0.25) is 0 Å². The van der Waals surface area contributed by atoms with Gasteiger partial charge in [-0.25, -0.2) is 9.18 Å². The Morgan fingerprint density at radius 2 is 1.88 bits per heavy atom. The molecule has 0 heterocycles. The first-order valence-corrected chi connectivity index (χ1v) is 8.15. The number of hydrogen-bond donors (Lipinski definition) is 1. The van der Waals surface area contributed by atoms with Crippen LogP contribution in [0.3, 0.4) is 0 Å². The lowest BCUT2D eigenvalue weighted by Gasteiger charge is -2.14. The first-order chi connectivity index (χ1) is 11.4. The van der Waals surface area contributed by atoms with Gasteiger partial charge in [0, 0.05) is 11.0 Å². The van der Waals surface area contributed by atoms with E-state index in [9.17, 15) is 14.0 Å². The maximum Gasteiger partial charge on any atom is 0.340 e. The minimum absolute atomic E-state index is 0.0354. The number of esters is 1. The summed E-state index contributed by atoms with van der Waals surface area (Å²) < 4.78 is 18.7. The number of hydrogen-bond acceptors (Lipinski definition) is 3. The van der Waals surface area contributed by atoms with Gasteiger partial charge < -0.3 is 10.1 Å². The van der Waals surface area contributed by atoms with Crippen molar-refractivity contribution in [1.82, 2.24) is 5.32 Å². The second-order valence-corrected chi connectivity index (χ2v) is 6.23. The minimum Gasteiger partial charge on any atom is -0.449 e. The molecule has 0 saturated carbocycles. The largest absolute Gasteiger partial charge is 0.449 e. The fraction of sp³-hybridized carbons (Fsp3) is 0.222. The molecule has 0 aliphatic rings. The van der Waals surface area contributed by atoms with Crippen LogP contribution in [0.4, 0.5) is 4.39 Å². The molecule has 126 valence electrons. The van der Waals surface area contributed by atoms with Crippen LogP contribution in [0.15, 0.2) is 46.9 Å². The average molecular weight is 394 g/mol. The first kappa shape index (κ1) is 18.1. The van der Waals surface area contributed by atoms with E-state index in [0.29, 0.717) is 11.0 Å². The summed E-state index contributed by atoms with van der Waals surface area (Å²) >= 11 is 3.16. The van der Waals surface area contributed by atoms with Crippen LogP contribution in [0.1, 0.15) is 28.4 Å². The molecule has 1 atom stereocenters. The molecule has 2 aromatic rings. The monoisotopic (exact) mass is 393 g/mol. The Kier molecular flexibility index (Phi) is 6.09. The molecule has 0 fully saturated rings. The summed E-state index contributed by atoms with van der Waals surface area (Å²) in [6.45, 7) is 3.79. The van der Waals surface area contributed by atoms with Crippen molar-refractivity contribution in [1.29, 1.82) is 0 Å². The smallest absolute Gasteiger partial charge is 0.340 e. The van der Waals surface area contributed by atoms with Crippen LogP contribution in [0.5, 0.6) is 0 Å². The highest BCUT2D eigenvalue weighted by molar-refractivity contribution is 9.10. The van der Waals surface area contributed by atoms with E-state index in [4.69, 9.17) is 4.74 Å². The van der Waals surface area contributed by atoms with E-state index in [1.807, 2.05) is 31.2 Å². The average Bonchev–Trinajstić information content (AvgIpc) is 2.56. The molecule has 0 saturated heterocycles. The van der Waals surface area contributed by atoms with Gasteiger partial charge in [-0.05, 0) is 53.5 Å². The second-order valence-electron chi connectivity index (χ2n) is 5.38. The summed E-state index contributed by atoms with van der Waals surface area (Å²) in [6.07, 6.45) is -0.988. The number of carbonyl (C=O) groups is 2. The van der Waals surface area contributed by atoms with Crippen molar-refractivity contribution in [3.8, 4) is 0 Å². The molecule has 0 bridgehead atoms. The van der Waals surface area contributed by atoms with Crippen molar-refractivity contribution in [2.75, 3.05) is 0 Å². The maximum atomic E-state index is 13.2. The van der Waals surface area contributed by atoms with E-state index >= 15 is 0 Å². The molecule has 1 amide bonds. The van der Waals surface area contributed by atoms with Crippen molar-refractivity contribution in [2.45, 2.75) is 26.5 Å². The molecule has 0 aliphatic carbocycles. The molecule has 0 aromatic heterocycles. The lowest BCUT2D eigenvalue weighted by atomic mass is 10.1. The molecule has 24 heavy (non-hydrogen) atoms. The summed E-state index contributed by atoms with van der Waals surface area (Å²) in [4.78, 5) is 24.1. The van der Waals surface area contributed by atoms with Gasteiger partial charge in [-0.2, -0.15) is 0 Å². The van der Waals surface area contributed by atoms with Crippen LogP contribution in [-0.4, -0.2) is 18.0 Å². The lowest BCUT2D eigenvalue weighted by molar-refractivity contribution is -0.129. The zero-order valence-corrected chi connectivity index (χ0v) is 14.9. The minimum atomic E-state index is -0.988. The van der Waals surface area contributed by atoms with Crippen molar-refractivity contribution < 1.29 is 18.7 Å². The number of ether oxygens (including phenoxy) is 1. The van der Waals surface area contributed by atoms with Crippen molar-refractivity contribution in [3.63, 3.8) is 0 Å². The Labute approximate surface area is 148 Å². The highest BCUT2D eigenvalue weighted by Crippen LogP contribution is 2.19. The molecule has 2 aromatic carbocycles. The molecule has 0 radical (unpaired) electrons. The van der Waals surface area contributed by atoms with Crippen molar-refractivity contribution >= 4 is 27.8 Å². The zero-order chi connectivity index (χ0) is 17.7. The van der Waals surface area contributed by atoms with Crippen LogP contribution in [0.2, 0.25) is 0 Å². The fourth-order valence-electron chi connectivity index (χ4n) is 1.97. The molecule has 1 N–H and O–H groups in total. The van der Waals surface area contributed by atoms with Crippen LogP contribution in [0.25, 0.3) is 0 Å². The molecular formula is C18H17BrFNO3. The third-order valence-corrected chi connectivity index (χ3v) is 4.08. The Morgan fingerprint density at radius 3 is 2.54 bits per heavy atom. The number of rotatable bonds is 5. The van der Waals surface area contributed by atoms with Gasteiger partial charge in [0.1, 0.15) is 5.82 Å². The number of carbonyl (C=O) groups excluding carboxylic acids is 2. The van der Waals surface area contributed by atoms with E-state index in [1.165, 1.54) is 19.1 Å². The van der Waals surface area contributed by atoms with Gasteiger partial charge >= 0.3 is 5.97 Å². The van der Waals surface area contributed by atoms with Gasteiger partial charge in [-0.15, -0.1) is 0 Å². The molecule has 0 aliphatic heterocycles. The Hall–Kier alpha value is -2.21. The second kappa shape index (κ2) is 8.06. The third-order valence-electron chi connectivity index (χ3n) is 3.39. The standard InChI is InChI=1S/C18H17BrFNO3/c1-11-3-5-13(6-4-11)10-21-17(22)12(2)24-18(23)15-9-14(20)7-8-16(15)19/h3-9,12H,10H2,1-2H3,(H,21,22)/t12-/m1/s1. The number of amides is 1. The molecule has 2 rings (SSSR count). The number of aryl methyl sites for hydroxylation is 1. The molecule has 0 unspecified atom stereocenters. The van der Waals surface area contributed by atoms with E-state index < -0.39 is 23.8 Å². The van der Waals surface area contributed by atoms with Crippen LogP contribution >= 0.6 is 15.9 Å². The van der Waals surface area contributed by atoms with Crippen LogP contribution in [0, 0.1) is 12.7 Å². The predicted octanol–water partition coefficient (Wildman–Crippen LogP) is 3.76. The van der Waals surface area contributed by atoms with E-state index in [0.717, 1.165) is 17.2 Å². The summed E-state index contributed by atoms with van der Waals surface area (Å²) in [6, 6.07) is 11.4. The van der Waals surface area contributed by atoms with Gasteiger partial charge in [-0.3, -0.25) is 4.79 Å². The molecule has 0 spiro atoms. The Bertz CT molecular complexity index is 746. The van der Waals surface area contributed by atoms with Crippen LogP contribution in [-0.2, 0) is 16.1 Å². The van der Waals surface area contributed by atoms with Gasteiger partial charge in [0.05, 0.1) is 5.56 Å². The summed E-state index contributed by atoms with van der Waals surface area (Å²) in [5.74, 6) is -1.74. The summed E-state index contributed by atoms with van der Waals surface area (Å²) in [5, 5.41) is 2.70. The summed E-state index contributed by atoms with van der Waals surface area (Å²) in [7, 11) is 0. The Balaban J connectivity index is 1.92. The van der Waals surface area contributed by atoms with Gasteiger partial charge in [-0.1, -0.05) is 29.8 Å².